The zero-order valence-electron chi connectivity index (χ0n) is 27.9. The van der Waals surface area contributed by atoms with Crippen LogP contribution in [0.3, 0.4) is 0 Å². The highest BCUT2D eigenvalue weighted by Crippen LogP contribution is 2.57. The first-order valence-electron chi connectivity index (χ1n) is 17.5. The molecule has 0 fully saturated rings. The van der Waals surface area contributed by atoms with Crippen molar-refractivity contribution < 1.29 is 4.57 Å². The third-order valence-electron chi connectivity index (χ3n) is 11.0. The third-order valence-corrected chi connectivity index (χ3v) is 14.1. The molecule has 1 nitrogen and oxygen atoms in total. The van der Waals surface area contributed by atoms with Crippen molar-refractivity contribution in [2.45, 2.75) is 5.41 Å². The van der Waals surface area contributed by atoms with Crippen LogP contribution in [-0.4, -0.2) is 0 Å². The summed E-state index contributed by atoms with van der Waals surface area (Å²) in [6.45, 7) is 0. The Morgan fingerprint density at radius 1 is 0.314 bits per heavy atom. The van der Waals surface area contributed by atoms with Crippen LogP contribution >= 0.6 is 7.14 Å². The van der Waals surface area contributed by atoms with E-state index < -0.39 is 12.6 Å². The summed E-state index contributed by atoms with van der Waals surface area (Å²) in [5.41, 5.74) is 6.81. The first-order valence-corrected chi connectivity index (χ1v) is 19.3. The van der Waals surface area contributed by atoms with Crippen LogP contribution in [0.1, 0.15) is 22.3 Å². The van der Waals surface area contributed by atoms with Crippen molar-refractivity contribution in [2.75, 3.05) is 0 Å². The van der Waals surface area contributed by atoms with Crippen LogP contribution in [-0.2, 0) is 9.98 Å². The SMILES string of the molecule is O=P(c1ccccc1)(c1ccccc1)c1ccc(C2(c3ccc4c5ccccc5c5ccccc5c4c3)c3ccccc3-c3ccccc32)cc1. The highest BCUT2D eigenvalue weighted by atomic mass is 31.2. The molecule has 51 heavy (non-hydrogen) atoms. The first kappa shape index (κ1) is 29.9. The number of hydrogen-bond donors (Lipinski definition) is 0. The summed E-state index contributed by atoms with van der Waals surface area (Å²) in [5, 5.41) is 10.1. The van der Waals surface area contributed by atoms with Gasteiger partial charge in [-0.25, -0.2) is 0 Å². The fourth-order valence-electron chi connectivity index (χ4n) is 8.81. The lowest BCUT2D eigenvalue weighted by Crippen LogP contribution is -2.30. The standard InChI is InChI=1S/C49H33OP/c50-51(36-15-3-1-4-16-36,37-17-5-2-6-18-37)38-30-27-34(28-31-38)49(47-25-13-11-23-44(47)45-24-12-14-26-48(45)49)35-29-32-43-41-21-8-7-19-39(41)40-20-9-10-22-42(40)46(43)33-35/h1-33H. The van der Waals surface area contributed by atoms with Crippen LogP contribution < -0.4 is 15.9 Å². The van der Waals surface area contributed by atoms with Crippen molar-refractivity contribution in [2.24, 2.45) is 0 Å². The molecule has 1 aliphatic rings. The second-order valence-corrected chi connectivity index (χ2v) is 16.3. The fraction of sp³-hybridized carbons (Fsp3) is 0.0204. The van der Waals surface area contributed by atoms with E-state index in [1.807, 2.05) is 60.7 Å². The molecule has 10 rings (SSSR count). The Morgan fingerprint density at radius 2 is 0.686 bits per heavy atom. The summed E-state index contributed by atoms with van der Waals surface area (Å²) in [6, 6.07) is 70.9. The van der Waals surface area contributed by atoms with Gasteiger partial charge in [0, 0.05) is 15.9 Å². The zero-order valence-corrected chi connectivity index (χ0v) is 28.8. The molecular formula is C49H33OP. The maximum atomic E-state index is 15.4. The Labute approximate surface area is 297 Å². The number of benzene rings is 9. The van der Waals surface area contributed by atoms with Crippen LogP contribution in [0.4, 0.5) is 0 Å². The van der Waals surface area contributed by atoms with Crippen molar-refractivity contribution in [3.8, 4) is 11.1 Å². The summed E-state index contributed by atoms with van der Waals surface area (Å²) >= 11 is 0. The molecule has 1 aliphatic carbocycles. The van der Waals surface area contributed by atoms with E-state index in [1.54, 1.807) is 0 Å². The smallest absolute Gasteiger partial charge is 0.171 e. The molecule has 0 heterocycles. The molecule has 0 aromatic heterocycles. The highest BCUT2D eigenvalue weighted by Gasteiger charge is 2.46. The van der Waals surface area contributed by atoms with Crippen LogP contribution in [0, 0.1) is 0 Å². The molecule has 0 spiro atoms. The van der Waals surface area contributed by atoms with E-state index in [-0.39, 0.29) is 0 Å². The minimum Gasteiger partial charge on any atom is -0.309 e. The van der Waals surface area contributed by atoms with Crippen LogP contribution in [0.15, 0.2) is 200 Å². The van der Waals surface area contributed by atoms with E-state index in [4.69, 9.17) is 0 Å². The van der Waals surface area contributed by atoms with E-state index >= 15 is 4.57 Å². The molecule has 0 amide bonds. The average molecular weight is 669 g/mol. The number of hydrogen-bond acceptors (Lipinski definition) is 1. The first-order chi connectivity index (χ1) is 25.2. The van der Waals surface area contributed by atoms with Crippen LogP contribution in [0.5, 0.6) is 0 Å². The summed E-state index contributed by atoms with van der Waals surface area (Å²) in [6.07, 6.45) is 0. The molecule has 9 aromatic rings. The largest absolute Gasteiger partial charge is 0.309 e. The molecular weight excluding hydrogens is 636 g/mol. The van der Waals surface area contributed by atoms with Crippen LogP contribution in [0.25, 0.3) is 43.4 Å². The van der Waals surface area contributed by atoms with Gasteiger partial charge in [-0.3, -0.25) is 0 Å². The molecule has 0 saturated heterocycles. The summed E-state index contributed by atoms with van der Waals surface area (Å²) < 4.78 is 15.4. The quantitative estimate of drug-likeness (QED) is 0.132. The minimum atomic E-state index is -3.14. The molecule has 0 aliphatic heterocycles. The summed E-state index contributed by atoms with van der Waals surface area (Å²) in [5.74, 6) is 0. The zero-order chi connectivity index (χ0) is 34.0. The number of rotatable bonds is 5. The van der Waals surface area contributed by atoms with E-state index in [1.165, 1.54) is 60.1 Å². The predicted molar refractivity (Wildman–Crippen MR) is 216 cm³/mol. The van der Waals surface area contributed by atoms with Gasteiger partial charge < -0.3 is 4.57 Å². The Morgan fingerprint density at radius 3 is 1.20 bits per heavy atom. The van der Waals surface area contributed by atoms with Crippen molar-refractivity contribution in [3.63, 3.8) is 0 Å². The maximum absolute atomic E-state index is 15.4. The maximum Gasteiger partial charge on any atom is 0.171 e. The minimum absolute atomic E-state index is 0.587. The van der Waals surface area contributed by atoms with Gasteiger partial charge in [-0.1, -0.05) is 194 Å². The van der Waals surface area contributed by atoms with Gasteiger partial charge in [-0.05, 0) is 71.8 Å². The number of fused-ring (bicyclic) bond motifs is 9. The lowest BCUT2D eigenvalue weighted by Gasteiger charge is -2.34. The molecule has 9 aromatic carbocycles. The summed E-state index contributed by atoms with van der Waals surface area (Å²) in [7, 11) is -3.14. The van der Waals surface area contributed by atoms with Gasteiger partial charge in [0.25, 0.3) is 0 Å². The third kappa shape index (κ3) is 4.26. The molecule has 0 saturated carbocycles. The summed E-state index contributed by atoms with van der Waals surface area (Å²) in [4.78, 5) is 0. The van der Waals surface area contributed by atoms with Gasteiger partial charge in [-0.2, -0.15) is 0 Å². The highest BCUT2D eigenvalue weighted by molar-refractivity contribution is 7.85. The molecule has 0 unspecified atom stereocenters. The van der Waals surface area contributed by atoms with Crippen molar-refractivity contribution in [1.29, 1.82) is 0 Å². The van der Waals surface area contributed by atoms with Gasteiger partial charge in [-0.15, -0.1) is 0 Å². The van der Waals surface area contributed by atoms with E-state index in [9.17, 15) is 0 Å². The second-order valence-electron chi connectivity index (χ2n) is 13.5. The molecule has 0 atom stereocenters. The lowest BCUT2D eigenvalue weighted by molar-refractivity contribution is 0.592. The average Bonchev–Trinajstić information content (AvgIpc) is 3.52. The molecule has 2 heteroatoms. The second kappa shape index (κ2) is 11.5. The predicted octanol–water partition coefficient (Wildman–Crippen LogP) is 11.1. The van der Waals surface area contributed by atoms with Gasteiger partial charge in [0.2, 0.25) is 0 Å². The van der Waals surface area contributed by atoms with Crippen LogP contribution in [0.2, 0.25) is 0 Å². The van der Waals surface area contributed by atoms with E-state index in [0.29, 0.717) is 0 Å². The van der Waals surface area contributed by atoms with Crippen molar-refractivity contribution in [3.05, 3.63) is 222 Å². The van der Waals surface area contributed by atoms with Gasteiger partial charge in [0.1, 0.15) is 0 Å². The van der Waals surface area contributed by atoms with Crippen molar-refractivity contribution >= 4 is 55.4 Å². The van der Waals surface area contributed by atoms with E-state index in [2.05, 4.69) is 140 Å². The molecule has 0 bridgehead atoms. The van der Waals surface area contributed by atoms with Crippen molar-refractivity contribution in [1.82, 2.24) is 0 Å². The Balaban J connectivity index is 1.27. The Kier molecular flexibility index (Phi) is 6.75. The fourth-order valence-corrected chi connectivity index (χ4v) is 11.5. The monoisotopic (exact) mass is 668 g/mol. The Bertz CT molecular complexity index is 2690. The lowest BCUT2D eigenvalue weighted by atomic mass is 9.67. The van der Waals surface area contributed by atoms with E-state index in [0.717, 1.165) is 21.5 Å². The molecule has 240 valence electrons. The topological polar surface area (TPSA) is 17.1 Å². The van der Waals surface area contributed by atoms with Gasteiger partial charge in [0.05, 0.1) is 5.41 Å². The molecule has 0 N–H and O–H groups in total. The Hall–Kier alpha value is -6.01. The normalized spacial score (nSPS) is 13.3. The molecule has 0 radical (unpaired) electrons. The van der Waals surface area contributed by atoms with Gasteiger partial charge >= 0.3 is 0 Å². The van der Waals surface area contributed by atoms with Gasteiger partial charge in [0.15, 0.2) is 7.14 Å².